The quantitative estimate of drug-likeness (QED) is 0.699. The van der Waals surface area contributed by atoms with E-state index in [9.17, 15) is 4.79 Å². The van der Waals surface area contributed by atoms with Gasteiger partial charge in [-0.25, -0.2) is 0 Å². The predicted molar refractivity (Wildman–Crippen MR) is 53.5 cm³/mol. The van der Waals surface area contributed by atoms with Gasteiger partial charge in [0.05, 0.1) is 23.6 Å². The van der Waals surface area contributed by atoms with E-state index in [1.165, 1.54) is 11.3 Å². The van der Waals surface area contributed by atoms with E-state index in [1.807, 2.05) is 22.4 Å². The lowest BCUT2D eigenvalue weighted by atomic mass is 10.2. The lowest BCUT2D eigenvalue weighted by Gasteiger charge is -2.26. The third-order valence-corrected chi connectivity index (χ3v) is 3.75. The van der Waals surface area contributed by atoms with E-state index in [2.05, 4.69) is 0 Å². The Morgan fingerprint density at radius 1 is 1.64 bits per heavy atom. The molecule has 14 heavy (non-hydrogen) atoms. The van der Waals surface area contributed by atoms with Gasteiger partial charge in [0.15, 0.2) is 0 Å². The standard InChI is InChI=1S/C10H11NO2S/c12-10(9-2-1-3-14-9)11-5-8-4-7(11)6-13-8/h1-3,7-8H,4-6H2. The summed E-state index contributed by atoms with van der Waals surface area (Å²) in [4.78, 5) is 14.8. The maximum Gasteiger partial charge on any atom is 0.264 e. The fourth-order valence-corrected chi connectivity index (χ4v) is 2.87. The third-order valence-electron chi connectivity index (χ3n) is 2.89. The Morgan fingerprint density at radius 3 is 3.14 bits per heavy atom. The van der Waals surface area contributed by atoms with Crippen LogP contribution >= 0.6 is 11.3 Å². The molecule has 2 aliphatic heterocycles. The van der Waals surface area contributed by atoms with Crippen LogP contribution < -0.4 is 0 Å². The number of hydrogen-bond donors (Lipinski definition) is 0. The molecule has 2 saturated heterocycles. The molecule has 0 N–H and O–H groups in total. The first kappa shape index (κ1) is 8.44. The van der Waals surface area contributed by atoms with E-state index in [-0.39, 0.29) is 5.91 Å². The van der Waals surface area contributed by atoms with Gasteiger partial charge in [-0.15, -0.1) is 11.3 Å². The average molecular weight is 209 g/mol. The Bertz CT molecular complexity index is 349. The maximum atomic E-state index is 12.0. The number of carbonyl (C=O) groups is 1. The fourth-order valence-electron chi connectivity index (χ4n) is 2.19. The molecule has 4 heteroatoms. The van der Waals surface area contributed by atoms with Crippen molar-refractivity contribution in [2.45, 2.75) is 18.6 Å². The first-order valence-electron chi connectivity index (χ1n) is 4.80. The molecule has 1 amide bonds. The molecule has 1 aromatic heterocycles. The molecule has 3 rings (SSSR count). The van der Waals surface area contributed by atoms with Gasteiger partial charge in [0.1, 0.15) is 0 Å². The van der Waals surface area contributed by atoms with Gasteiger partial charge in [0.2, 0.25) is 0 Å². The van der Waals surface area contributed by atoms with Crippen molar-refractivity contribution in [3.05, 3.63) is 22.4 Å². The van der Waals surface area contributed by atoms with Gasteiger partial charge >= 0.3 is 0 Å². The monoisotopic (exact) mass is 209 g/mol. The topological polar surface area (TPSA) is 29.5 Å². The van der Waals surface area contributed by atoms with E-state index in [0.717, 1.165) is 24.4 Å². The summed E-state index contributed by atoms with van der Waals surface area (Å²) < 4.78 is 5.46. The maximum absolute atomic E-state index is 12.0. The van der Waals surface area contributed by atoms with Crippen molar-refractivity contribution in [3.63, 3.8) is 0 Å². The molecular formula is C10H11NO2S. The summed E-state index contributed by atoms with van der Waals surface area (Å²) in [5.41, 5.74) is 0. The van der Waals surface area contributed by atoms with Crippen LogP contribution in [0.5, 0.6) is 0 Å². The van der Waals surface area contributed by atoms with Crippen molar-refractivity contribution in [1.82, 2.24) is 4.90 Å². The normalized spacial score (nSPS) is 29.9. The highest BCUT2D eigenvalue weighted by Crippen LogP contribution is 2.29. The first-order valence-corrected chi connectivity index (χ1v) is 5.68. The van der Waals surface area contributed by atoms with Gasteiger partial charge in [0.25, 0.3) is 5.91 Å². The minimum Gasteiger partial charge on any atom is -0.374 e. The van der Waals surface area contributed by atoms with Crippen LogP contribution in [-0.2, 0) is 4.74 Å². The third kappa shape index (κ3) is 1.18. The minimum atomic E-state index is 0.177. The van der Waals surface area contributed by atoms with E-state index in [0.29, 0.717) is 12.1 Å². The largest absolute Gasteiger partial charge is 0.374 e. The summed E-state index contributed by atoms with van der Waals surface area (Å²) in [6, 6.07) is 4.14. The number of nitrogens with zero attached hydrogens (tertiary/aromatic N) is 1. The summed E-state index contributed by atoms with van der Waals surface area (Å²) >= 11 is 1.51. The summed E-state index contributed by atoms with van der Waals surface area (Å²) in [5, 5.41) is 1.94. The van der Waals surface area contributed by atoms with E-state index in [4.69, 9.17) is 4.74 Å². The van der Waals surface area contributed by atoms with E-state index >= 15 is 0 Å². The second-order valence-electron chi connectivity index (χ2n) is 3.78. The summed E-state index contributed by atoms with van der Waals surface area (Å²) in [7, 11) is 0. The molecule has 0 aromatic carbocycles. The number of rotatable bonds is 1. The Kier molecular flexibility index (Phi) is 1.85. The zero-order chi connectivity index (χ0) is 9.54. The smallest absolute Gasteiger partial charge is 0.264 e. The molecule has 2 fully saturated rings. The van der Waals surface area contributed by atoms with E-state index in [1.54, 1.807) is 0 Å². The molecule has 0 aliphatic carbocycles. The Morgan fingerprint density at radius 2 is 2.57 bits per heavy atom. The number of morpholine rings is 1. The highest BCUT2D eigenvalue weighted by atomic mass is 32.1. The molecule has 2 bridgehead atoms. The number of fused-ring (bicyclic) bond motifs is 2. The molecule has 3 nitrogen and oxygen atoms in total. The molecule has 2 aliphatic rings. The molecule has 0 saturated carbocycles. The molecule has 2 unspecified atom stereocenters. The Hall–Kier alpha value is -0.870. The SMILES string of the molecule is O=C(c1cccs1)N1CC2CC1CO2. The van der Waals surface area contributed by atoms with Gasteiger partial charge in [-0.3, -0.25) is 4.79 Å². The zero-order valence-electron chi connectivity index (χ0n) is 7.68. The predicted octanol–water partition coefficient (Wildman–Crippen LogP) is 1.36. The molecule has 2 atom stereocenters. The van der Waals surface area contributed by atoms with Gasteiger partial charge in [-0.1, -0.05) is 6.07 Å². The second kappa shape index (κ2) is 3.07. The summed E-state index contributed by atoms with van der Waals surface area (Å²) in [6.45, 7) is 1.50. The highest BCUT2D eigenvalue weighted by molar-refractivity contribution is 7.12. The number of amides is 1. The van der Waals surface area contributed by atoms with Crippen LogP contribution in [0.3, 0.4) is 0 Å². The van der Waals surface area contributed by atoms with Crippen LogP contribution in [0.25, 0.3) is 0 Å². The van der Waals surface area contributed by atoms with Crippen molar-refractivity contribution in [3.8, 4) is 0 Å². The number of hydrogen-bond acceptors (Lipinski definition) is 3. The van der Waals surface area contributed by atoms with Crippen molar-refractivity contribution in [1.29, 1.82) is 0 Å². The van der Waals surface area contributed by atoms with Crippen LogP contribution in [-0.4, -0.2) is 36.1 Å². The Labute approximate surface area is 86.3 Å². The fraction of sp³-hybridized carbons (Fsp3) is 0.500. The van der Waals surface area contributed by atoms with Crippen molar-refractivity contribution in [2.75, 3.05) is 13.2 Å². The van der Waals surface area contributed by atoms with Crippen molar-refractivity contribution >= 4 is 17.2 Å². The van der Waals surface area contributed by atoms with Crippen molar-refractivity contribution in [2.24, 2.45) is 0 Å². The van der Waals surface area contributed by atoms with Crippen LogP contribution in [0.15, 0.2) is 17.5 Å². The number of ether oxygens (including phenoxy) is 1. The van der Waals surface area contributed by atoms with Crippen LogP contribution in [0, 0.1) is 0 Å². The lowest BCUT2D eigenvalue weighted by molar-refractivity contribution is 0.0262. The molecule has 1 aromatic rings. The zero-order valence-corrected chi connectivity index (χ0v) is 8.50. The number of likely N-dealkylation sites (tertiary alicyclic amines) is 1. The average Bonchev–Trinajstić information content (AvgIpc) is 2.93. The minimum absolute atomic E-state index is 0.177. The van der Waals surface area contributed by atoms with Gasteiger partial charge in [0, 0.05) is 6.54 Å². The van der Waals surface area contributed by atoms with Crippen LogP contribution in [0.2, 0.25) is 0 Å². The van der Waals surface area contributed by atoms with Crippen molar-refractivity contribution < 1.29 is 9.53 Å². The lowest BCUT2D eigenvalue weighted by Crippen LogP contribution is -2.41. The first-order chi connectivity index (χ1) is 6.84. The van der Waals surface area contributed by atoms with E-state index < -0.39 is 0 Å². The molecule has 3 heterocycles. The van der Waals surface area contributed by atoms with Gasteiger partial charge in [-0.2, -0.15) is 0 Å². The van der Waals surface area contributed by atoms with Crippen LogP contribution in [0.1, 0.15) is 16.1 Å². The highest BCUT2D eigenvalue weighted by Gasteiger charge is 2.41. The van der Waals surface area contributed by atoms with Gasteiger partial charge in [-0.05, 0) is 17.9 Å². The molecular weight excluding hydrogens is 198 g/mol. The number of thiophene rings is 1. The summed E-state index contributed by atoms with van der Waals surface area (Å²) in [6.07, 6.45) is 1.32. The second-order valence-corrected chi connectivity index (χ2v) is 4.73. The number of carbonyl (C=O) groups excluding carboxylic acids is 1. The molecule has 74 valence electrons. The molecule has 0 spiro atoms. The van der Waals surface area contributed by atoms with Gasteiger partial charge < -0.3 is 9.64 Å². The van der Waals surface area contributed by atoms with Crippen LogP contribution in [0.4, 0.5) is 0 Å². The molecule has 0 radical (unpaired) electrons. The summed E-state index contributed by atoms with van der Waals surface area (Å²) in [5.74, 6) is 0.177. The Balaban J connectivity index is 1.81.